The van der Waals surface area contributed by atoms with E-state index in [4.69, 9.17) is 0 Å². The highest BCUT2D eigenvalue weighted by Gasteiger charge is 2.40. The molecule has 4 nitrogen and oxygen atoms in total. The van der Waals surface area contributed by atoms with E-state index >= 15 is 0 Å². The number of anilines is 1. The first-order chi connectivity index (χ1) is 10.6. The summed E-state index contributed by atoms with van der Waals surface area (Å²) >= 11 is 0. The summed E-state index contributed by atoms with van der Waals surface area (Å²) in [5, 5.41) is 6.51. The van der Waals surface area contributed by atoms with Crippen LogP contribution in [0.3, 0.4) is 0 Å². The zero-order valence-corrected chi connectivity index (χ0v) is 13.7. The number of hydrogen-bond donors (Lipinski definition) is 2. The fraction of sp³-hybridized carbons (Fsp3) is 0.611. The standard InChI is InChI=1S/C18H27N3O/c1-14(2)15-4-3-5-16(10-15)20-17(22)11-21-9-7-18(13-21)6-8-19-12-18/h3-5,10,14,19H,6-9,11-13H2,1-2H3,(H,20,22). The van der Waals surface area contributed by atoms with Gasteiger partial charge >= 0.3 is 0 Å². The third-order valence-corrected chi connectivity index (χ3v) is 5.05. The first-order valence-corrected chi connectivity index (χ1v) is 8.39. The van der Waals surface area contributed by atoms with E-state index in [1.54, 1.807) is 0 Å². The highest BCUT2D eigenvalue weighted by molar-refractivity contribution is 5.92. The molecule has 22 heavy (non-hydrogen) atoms. The second kappa shape index (κ2) is 6.39. The lowest BCUT2D eigenvalue weighted by Crippen LogP contribution is -2.34. The van der Waals surface area contributed by atoms with Crippen LogP contribution in [0.15, 0.2) is 24.3 Å². The summed E-state index contributed by atoms with van der Waals surface area (Å²) < 4.78 is 0. The van der Waals surface area contributed by atoms with Crippen LogP contribution in [0.5, 0.6) is 0 Å². The molecule has 3 rings (SSSR count). The van der Waals surface area contributed by atoms with Crippen molar-refractivity contribution in [3.8, 4) is 0 Å². The lowest BCUT2D eigenvalue weighted by Gasteiger charge is -2.22. The number of carbonyl (C=O) groups is 1. The van der Waals surface area contributed by atoms with E-state index in [1.165, 1.54) is 18.4 Å². The zero-order valence-electron chi connectivity index (χ0n) is 13.7. The van der Waals surface area contributed by atoms with Crippen molar-refractivity contribution in [2.24, 2.45) is 5.41 Å². The number of carbonyl (C=O) groups excluding carboxylic acids is 1. The van der Waals surface area contributed by atoms with E-state index in [0.717, 1.165) is 31.9 Å². The number of benzene rings is 1. The van der Waals surface area contributed by atoms with Crippen LogP contribution in [0, 0.1) is 5.41 Å². The minimum absolute atomic E-state index is 0.101. The van der Waals surface area contributed by atoms with Crippen molar-refractivity contribution < 1.29 is 4.79 Å². The first-order valence-electron chi connectivity index (χ1n) is 8.39. The van der Waals surface area contributed by atoms with Gasteiger partial charge < -0.3 is 10.6 Å². The molecule has 2 heterocycles. The lowest BCUT2D eigenvalue weighted by atomic mass is 9.87. The largest absolute Gasteiger partial charge is 0.325 e. The molecular weight excluding hydrogens is 274 g/mol. The molecule has 2 saturated heterocycles. The van der Waals surface area contributed by atoms with Crippen molar-refractivity contribution in [2.45, 2.75) is 32.6 Å². The van der Waals surface area contributed by atoms with Crippen molar-refractivity contribution in [1.29, 1.82) is 0 Å². The molecule has 1 atom stereocenters. The van der Waals surface area contributed by atoms with Crippen molar-refractivity contribution in [3.05, 3.63) is 29.8 Å². The Balaban J connectivity index is 1.53. The fourth-order valence-corrected chi connectivity index (χ4v) is 3.69. The van der Waals surface area contributed by atoms with E-state index in [0.29, 0.717) is 17.9 Å². The second-order valence-corrected chi connectivity index (χ2v) is 7.22. The SMILES string of the molecule is CC(C)c1cccc(NC(=O)CN2CCC3(CCNC3)C2)c1. The molecule has 2 aliphatic rings. The molecule has 2 aliphatic heterocycles. The third kappa shape index (κ3) is 3.50. The molecule has 0 saturated carbocycles. The molecule has 2 fully saturated rings. The Morgan fingerprint density at radius 3 is 3.00 bits per heavy atom. The maximum absolute atomic E-state index is 12.3. The van der Waals surface area contributed by atoms with Crippen LogP contribution in [0.4, 0.5) is 5.69 Å². The number of amides is 1. The van der Waals surface area contributed by atoms with Crippen molar-refractivity contribution in [1.82, 2.24) is 10.2 Å². The number of likely N-dealkylation sites (tertiary alicyclic amines) is 1. The Hall–Kier alpha value is -1.39. The van der Waals surface area contributed by atoms with Crippen LogP contribution in [0.1, 0.15) is 38.2 Å². The average Bonchev–Trinajstić information content (AvgIpc) is 3.09. The van der Waals surface area contributed by atoms with E-state index in [1.807, 2.05) is 12.1 Å². The van der Waals surface area contributed by atoms with Gasteiger partial charge in [0, 0.05) is 18.8 Å². The van der Waals surface area contributed by atoms with Gasteiger partial charge in [-0.2, -0.15) is 0 Å². The van der Waals surface area contributed by atoms with Gasteiger partial charge in [-0.1, -0.05) is 26.0 Å². The average molecular weight is 301 g/mol. The van der Waals surface area contributed by atoms with Gasteiger partial charge in [-0.15, -0.1) is 0 Å². The van der Waals surface area contributed by atoms with Crippen LogP contribution in [0.25, 0.3) is 0 Å². The summed E-state index contributed by atoms with van der Waals surface area (Å²) in [6.07, 6.45) is 2.47. The molecule has 1 unspecified atom stereocenters. The van der Waals surface area contributed by atoms with Gasteiger partial charge in [-0.05, 0) is 55.0 Å². The molecule has 0 aliphatic carbocycles. The maximum Gasteiger partial charge on any atom is 0.238 e. The summed E-state index contributed by atoms with van der Waals surface area (Å²) in [6.45, 7) is 9.18. The van der Waals surface area contributed by atoms with Crippen LogP contribution >= 0.6 is 0 Å². The van der Waals surface area contributed by atoms with Crippen molar-refractivity contribution >= 4 is 11.6 Å². The van der Waals surface area contributed by atoms with Gasteiger partial charge in [0.15, 0.2) is 0 Å². The minimum atomic E-state index is 0.101. The summed E-state index contributed by atoms with van der Waals surface area (Å²) in [7, 11) is 0. The van der Waals surface area contributed by atoms with E-state index in [9.17, 15) is 4.79 Å². The molecule has 4 heteroatoms. The number of hydrogen-bond acceptors (Lipinski definition) is 3. The molecule has 0 radical (unpaired) electrons. The monoisotopic (exact) mass is 301 g/mol. The van der Waals surface area contributed by atoms with E-state index in [-0.39, 0.29) is 5.91 Å². The van der Waals surface area contributed by atoms with E-state index < -0.39 is 0 Å². The van der Waals surface area contributed by atoms with Crippen LogP contribution in [0.2, 0.25) is 0 Å². The van der Waals surface area contributed by atoms with Crippen LogP contribution in [-0.2, 0) is 4.79 Å². The summed E-state index contributed by atoms with van der Waals surface area (Å²) in [4.78, 5) is 14.6. The molecule has 1 spiro atoms. The molecule has 2 N–H and O–H groups in total. The Bertz CT molecular complexity index is 535. The Labute approximate surface area is 133 Å². The minimum Gasteiger partial charge on any atom is -0.325 e. The van der Waals surface area contributed by atoms with Gasteiger partial charge in [0.1, 0.15) is 0 Å². The van der Waals surface area contributed by atoms with Crippen molar-refractivity contribution in [3.63, 3.8) is 0 Å². The normalized spacial score (nSPS) is 25.2. The molecule has 120 valence electrons. The predicted octanol–water partition coefficient (Wildman–Crippen LogP) is 2.43. The van der Waals surface area contributed by atoms with Gasteiger partial charge in [-0.3, -0.25) is 9.69 Å². The third-order valence-electron chi connectivity index (χ3n) is 5.05. The summed E-state index contributed by atoms with van der Waals surface area (Å²) in [5.74, 6) is 0.578. The predicted molar refractivity (Wildman–Crippen MR) is 90.1 cm³/mol. The topological polar surface area (TPSA) is 44.4 Å². The first kappa shape index (κ1) is 15.5. The maximum atomic E-state index is 12.3. The number of rotatable bonds is 4. The van der Waals surface area contributed by atoms with Gasteiger partial charge in [0.25, 0.3) is 0 Å². The molecule has 1 amide bonds. The fourth-order valence-electron chi connectivity index (χ4n) is 3.69. The van der Waals surface area contributed by atoms with Crippen LogP contribution < -0.4 is 10.6 Å². The molecule has 0 bridgehead atoms. The molecule has 1 aromatic rings. The summed E-state index contributed by atoms with van der Waals surface area (Å²) in [6, 6.07) is 8.17. The highest BCUT2D eigenvalue weighted by atomic mass is 16.2. The summed E-state index contributed by atoms with van der Waals surface area (Å²) in [5.41, 5.74) is 2.60. The van der Waals surface area contributed by atoms with Gasteiger partial charge in [0.2, 0.25) is 5.91 Å². The second-order valence-electron chi connectivity index (χ2n) is 7.22. The number of nitrogens with one attached hydrogen (secondary N) is 2. The van der Waals surface area contributed by atoms with Crippen molar-refractivity contribution in [2.75, 3.05) is 38.0 Å². The smallest absolute Gasteiger partial charge is 0.238 e. The Morgan fingerprint density at radius 1 is 1.41 bits per heavy atom. The van der Waals surface area contributed by atoms with Gasteiger partial charge in [0.05, 0.1) is 6.54 Å². The quantitative estimate of drug-likeness (QED) is 0.898. The lowest BCUT2D eigenvalue weighted by molar-refractivity contribution is -0.117. The molecular formula is C18H27N3O. The number of nitrogens with zero attached hydrogens (tertiary/aromatic N) is 1. The Kier molecular flexibility index (Phi) is 4.50. The van der Waals surface area contributed by atoms with Crippen LogP contribution in [-0.4, -0.2) is 43.5 Å². The van der Waals surface area contributed by atoms with E-state index in [2.05, 4.69) is 41.5 Å². The Morgan fingerprint density at radius 2 is 2.27 bits per heavy atom. The van der Waals surface area contributed by atoms with Gasteiger partial charge in [-0.25, -0.2) is 0 Å². The molecule has 0 aromatic heterocycles. The molecule has 1 aromatic carbocycles. The highest BCUT2D eigenvalue weighted by Crippen LogP contribution is 2.35. The zero-order chi connectivity index (χ0) is 15.6.